The number of nitrogens with zero attached hydrogens (tertiary/aromatic N) is 3. The molecule has 3 aromatic carbocycles. The first-order chi connectivity index (χ1) is 18.9. The Morgan fingerprint density at radius 3 is 2.59 bits per heavy atom. The number of aryl methyl sites for hydroxylation is 1. The van der Waals surface area contributed by atoms with Crippen molar-refractivity contribution in [1.82, 2.24) is 5.01 Å². The molecule has 0 bridgehead atoms. The number of carbonyl (C=O) groups excluding carboxylic acids is 2. The number of methoxy groups -OCH3 is 2. The molecule has 3 aromatic rings. The van der Waals surface area contributed by atoms with E-state index in [4.69, 9.17) is 14.6 Å². The lowest BCUT2D eigenvalue weighted by Gasteiger charge is -2.23. The van der Waals surface area contributed by atoms with E-state index in [0.717, 1.165) is 22.4 Å². The fourth-order valence-electron chi connectivity index (χ4n) is 4.47. The average Bonchev–Trinajstić information content (AvgIpc) is 3.54. The zero-order chi connectivity index (χ0) is 27.5. The van der Waals surface area contributed by atoms with Crippen molar-refractivity contribution < 1.29 is 23.5 Å². The van der Waals surface area contributed by atoms with Gasteiger partial charge in [-0.15, -0.1) is 0 Å². The van der Waals surface area contributed by atoms with Crippen LogP contribution in [0.25, 0.3) is 0 Å². The topological polar surface area (TPSA) is 92.6 Å². The zero-order valence-electron chi connectivity index (χ0n) is 21.7. The number of hydrogen-bond acceptors (Lipinski definition) is 7. The summed E-state index contributed by atoms with van der Waals surface area (Å²) in [4.78, 5) is 29.7. The summed E-state index contributed by atoms with van der Waals surface area (Å²) < 4.78 is 25.0. The number of thioether (sulfide) groups is 1. The number of hydrazone groups is 1. The standard InChI is InChI=1S/C29H27FN4O4S/c1-17-8-10-18(11-9-17)24-15-23(20-14-19(37-2)12-13-25(20)38-3)33-34(24)29-32-28(36)26(39-29)16-27(35)31-22-7-5-4-6-21(22)30/h4-14,24,26H,15-16H2,1-3H3,(H,31,35)/t24-,26+/m1/s1. The van der Waals surface area contributed by atoms with E-state index in [1.807, 2.05) is 49.4 Å². The maximum absolute atomic E-state index is 14.0. The Balaban J connectivity index is 1.41. The van der Waals surface area contributed by atoms with Gasteiger partial charge in [-0.3, -0.25) is 9.59 Å². The van der Waals surface area contributed by atoms with Gasteiger partial charge in [0.2, 0.25) is 5.91 Å². The number of anilines is 1. The van der Waals surface area contributed by atoms with Gasteiger partial charge in [-0.05, 0) is 42.8 Å². The largest absolute Gasteiger partial charge is 0.497 e. The van der Waals surface area contributed by atoms with Crippen molar-refractivity contribution >= 4 is 40.1 Å². The van der Waals surface area contributed by atoms with Gasteiger partial charge in [0.15, 0.2) is 5.17 Å². The molecule has 2 aliphatic rings. The van der Waals surface area contributed by atoms with Crippen molar-refractivity contribution in [3.05, 3.63) is 89.2 Å². The molecule has 5 rings (SSSR count). The van der Waals surface area contributed by atoms with Crippen molar-refractivity contribution in [2.75, 3.05) is 19.5 Å². The third kappa shape index (κ3) is 5.65. The van der Waals surface area contributed by atoms with Crippen LogP contribution >= 0.6 is 11.8 Å². The number of halogens is 1. The quantitative estimate of drug-likeness (QED) is 0.431. The molecular weight excluding hydrogens is 519 g/mol. The van der Waals surface area contributed by atoms with Crippen molar-refractivity contribution in [3.63, 3.8) is 0 Å². The van der Waals surface area contributed by atoms with Gasteiger partial charge < -0.3 is 14.8 Å². The number of rotatable bonds is 7. The number of hydrogen-bond donors (Lipinski definition) is 1. The molecule has 2 atom stereocenters. The van der Waals surface area contributed by atoms with Crippen LogP contribution < -0.4 is 14.8 Å². The minimum atomic E-state index is -0.740. The van der Waals surface area contributed by atoms with Gasteiger partial charge in [-0.25, -0.2) is 9.40 Å². The Labute approximate surface area is 229 Å². The lowest BCUT2D eigenvalue weighted by Crippen LogP contribution is -2.25. The molecule has 2 heterocycles. The molecule has 10 heteroatoms. The zero-order valence-corrected chi connectivity index (χ0v) is 22.5. The summed E-state index contributed by atoms with van der Waals surface area (Å²) in [6, 6.07) is 19.3. The molecule has 1 N–H and O–H groups in total. The second-order valence-corrected chi connectivity index (χ2v) is 10.3. The molecule has 8 nitrogen and oxygen atoms in total. The number of amides is 2. The molecule has 0 aliphatic carbocycles. The molecule has 0 fully saturated rings. The summed E-state index contributed by atoms with van der Waals surface area (Å²) in [5.41, 5.74) is 3.75. The SMILES string of the molecule is COc1ccc(OC)c(C2=NN(C3=NC(=O)[C@H](CC(=O)Nc4ccccc4F)S3)[C@@H](c3ccc(C)cc3)C2)c1. The van der Waals surface area contributed by atoms with Crippen LogP contribution in [0.2, 0.25) is 0 Å². The Kier molecular flexibility index (Phi) is 7.65. The number of para-hydroxylation sites is 1. The van der Waals surface area contributed by atoms with Gasteiger partial charge in [0.05, 0.1) is 31.7 Å². The number of carbonyl (C=O) groups is 2. The fourth-order valence-corrected chi connectivity index (χ4v) is 5.54. The summed E-state index contributed by atoms with van der Waals surface area (Å²) in [6.07, 6.45) is 0.396. The highest BCUT2D eigenvalue weighted by Crippen LogP contribution is 2.40. The van der Waals surface area contributed by atoms with E-state index >= 15 is 0 Å². The summed E-state index contributed by atoms with van der Waals surface area (Å²) in [7, 11) is 3.20. The van der Waals surface area contributed by atoms with Crippen LogP contribution in [0.1, 0.15) is 35.6 Å². The Morgan fingerprint density at radius 1 is 1.10 bits per heavy atom. The normalized spacial score (nSPS) is 18.6. The molecule has 2 amide bonds. The first kappa shape index (κ1) is 26.4. The van der Waals surface area contributed by atoms with E-state index in [9.17, 15) is 14.0 Å². The first-order valence-electron chi connectivity index (χ1n) is 12.4. The van der Waals surface area contributed by atoms with Crippen LogP contribution in [0, 0.1) is 12.7 Å². The summed E-state index contributed by atoms with van der Waals surface area (Å²) >= 11 is 1.18. The maximum atomic E-state index is 14.0. The Bertz CT molecular complexity index is 1470. The van der Waals surface area contributed by atoms with E-state index in [2.05, 4.69) is 10.3 Å². The second kappa shape index (κ2) is 11.3. The molecule has 0 saturated carbocycles. The molecule has 0 saturated heterocycles. The lowest BCUT2D eigenvalue weighted by molar-refractivity contribution is -0.121. The van der Waals surface area contributed by atoms with Crippen molar-refractivity contribution in [3.8, 4) is 11.5 Å². The summed E-state index contributed by atoms with van der Waals surface area (Å²) in [5, 5.41) is 8.84. The molecular formula is C29H27FN4O4S. The third-order valence-corrected chi connectivity index (χ3v) is 7.68. The predicted molar refractivity (Wildman–Crippen MR) is 150 cm³/mol. The molecule has 0 aromatic heterocycles. The van der Waals surface area contributed by atoms with Crippen LogP contribution in [-0.2, 0) is 9.59 Å². The second-order valence-electron chi connectivity index (χ2n) is 9.16. The van der Waals surface area contributed by atoms with E-state index in [1.54, 1.807) is 25.3 Å². The van der Waals surface area contributed by atoms with Gasteiger partial charge in [-0.1, -0.05) is 53.7 Å². The molecule has 0 radical (unpaired) electrons. The average molecular weight is 547 g/mol. The highest BCUT2D eigenvalue weighted by atomic mass is 32.2. The Morgan fingerprint density at radius 2 is 1.87 bits per heavy atom. The number of amidine groups is 1. The van der Waals surface area contributed by atoms with Gasteiger partial charge in [0.25, 0.3) is 5.91 Å². The number of benzene rings is 3. The number of nitrogens with one attached hydrogen (secondary N) is 1. The Hall–Kier alpha value is -4.18. The van der Waals surface area contributed by atoms with Gasteiger partial charge >= 0.3 is 0 Å². The van der Waals surface area contributed by atoms with Crippen molar-refractivity contribution in [1.29, 1.82) is 0 Å². The monoisotopic (exact) mass is 546 g/mol. The minimum absolute atomic E-state index is 0.0690. The first-order valence-corrected chi connectivity index (χ1v) is 13.2. The molecule has 0 spiro atoms. The molecule has 39 heavy (non-hydrogen) atoms. The number of aliphatic imine (C=N–C) groups is 1. The van der Waals surface area contributed by atoms with Crippen LogP contribution in [0.3, 0.4) is 0 Å². The summed E-state index contributed by atoms with van der Waals surface area (Å²) in [6.45, 7) is 2.02. The van der Waals surface area contributed by atoms with Crippen molar-refractivity contribution in [2.45, 2.75) is 31.1 Å². The molecule has 2 aliphatic heterocycles. The van der Waals surface area contributed by atoms with Crippen molar-refractivity contribution in [2.24, 2.45) is 10.1 Å². The maximum Gasteiger partial charge on any atom is 0.262 e. The highest BCUT2D eigenvalue weighted by molar-refractivity contribution is 8.15. The van der Waals surface area contributed by atoms with E-state index in [0.29, 0.717) is 23.1 Å². The lowest BCUT2D eigenvalue weighted by atomic mass is 9.97. The predicted octanol–water partition coefficient (Wildman–Crippen LogP) is 5.33. The fraction of sp³-hybridized carbons (Fsp3) is 0.241. The van der Waals surface area contributed by atoms with E-state index < -0.39 is 22.9 Å². The number of ether oxygens (including phenoxy) is 2. The van der Waals surface area contributed by atoms with Crippen LogP contribution in [0.5, 0.6) is 11.5 Å². The van der Waals surface area contributed by atoms with E-state index in [1.165, 1.54) is 30.0 Å². The van der Waals surface area contributed by atoms with Gasteiger partial charge in [0, 0.05) is 18.4 Å². The minimum Gasteiger partial charge on any atom is -0.497 e. The smallest absolute Gasteiger partial charge is 0.262 e. The van der Waals surface area contributed by atoms with E-state index in [-0.39, 0.29) is 18.2 Å². The van der Waals surface area contributed by atoms with Gasteiger partial charge in [-0.2, -0.15) is 10.1 Å². The van der Waals surface area contributed by atoms with Gasteiger partial charge in [0.1, 0.15) is 22.6 Å². The highest BCUT2D eigenvalue weighted by Gasteiger charge is 2.39. The third-order valence-electron chi connectivity index (χ3n) is 6.53. The van der Waals surface area contributed by atoms with Crippen LogP contribution in [0.15, 0.2) is 76.8 Å². The van der Waals surface area contributed by atoms with Crippen LogP contribution in [-0.4, -0.2) is 47.2 Å². The molecule has 200 valence electrons. The van der Waals surface area contributed by atoms with Crippen LogP contribution in [0.4, 0.5) is 10.1 Å². The molecule has 0 unspecified atom stereocenters. The summed E-state index contributed by atoms with van der Waals surface area (Å²) in [5.74, 6) is -0.115.